The van der Waals surface area contributed by atoms with Gasteiger partial charge in [0.15, 0.2) is 0 Å². The number of benzene rings is 3. The third-order valence-electron chi connectivity index (χ3n) is 5.27. The van der Waals surface area contributed by atoms with Crippen LogP contribution in [-0.2, 0) is 21.2 Å². The summed E-state index contributed by atoms with van der Waals surface area (Å²) in [4.78, 5) is 12.8. The molecule has 0 aliphatic heterocycles. The summed E-state index contributed by atoms with van der Waals surface area (Å²) in [5.41, 5.74) is 3.03. The number of anilines is 2. The van der Waals surface area contributed by atoms with Gasteiger partial charge >= 0.3 is 0 Å². The smallest absolute Gasteiger partial charge is 0.262 e. The molecule has 0 spiro atoms. The molecule has 0 radical (unpaired) electrons. The summed E-state index contributed by atoms with van der Waals surface area (Å²) in [5, 5.41) is 3.60. The number of furan rings is 1. The number of carbonyl (C=O) groups excluding carboxylic acids is 1. The zero-order valence-corrected chi connectivity index (χ0v) is 19.7. The van der Waals surface area contributed by atoms with Crippen LogP contribution in [0, 0.1) is 6.92 Å². The molecule has 0 unspecified atom stereocenters. The van der Waals surface area contributed by atoms with Crippen molar-refractivity contribution in [2.45, 2.75) is 18.2 Å². The fourth-order valence-electron chi connectivity index (χ4n) is 3.58. The number of methoxy groups -OCH3 is 2. The van der Waals surface area contributed by atoms with Crippen molar-refractivity contribution in [2.75, 3.05) is 24.3 Å². The summed E-state index contributed by atoms with van der Waals surface area (Å²) in [6, 6.07) is 16.7. The van der Waals surface area contributed by atoms with Crippen molar-refractivity contribution in [3.63, 3.8) is 0 Å². The second-order valence-electron chi connectivity index (χ2n) is 7.65. The normalized spacial score (nSPS) is 11.3. The van der Waals surface area contributed by atoms with Crippen LogP contribution in [0.1, 0.15) is 11.1 Å². The van der Waals surface area contributed by atoms with Gasteiger partial charge in [-0.05, 0) is 48.9 Å². The molecule has 0 saturated heterocycles. The van der Waals surface area contributed by atoms with E-state index in [1.165, 1.54) is 32.4 Å². The van der Waals surface area contributed by atoms with Crippen LogP contribution in [-0.4, -0.2) is 28.5 Å². The molecule has 8 nitrogen and oxygen atoms in total. The van der Waals surface area contributed by atoms with Crippen LogP contribution in [0.5, 0.6) is 11.5 Å². The van der Waals surface area contributed by atoms with Crippen LogP contribution >= 0.6 is 0 Å². The van der Waals surface area contributed by atoms with Gasteiger partial charge in [0.2, 0.25) is 5.91 Å². The predicted octanol–water partition coefficient (Wildman–Crippen LogP) is 4.74. The van der Waals surface area contributed by atoms with Gasteiger partial charge < -0.3 is 19.2 Å². The molecule has 2 N–H and O–H groups in total. The SMILES string of the molecule is COc1ccc(S(=O)(=O)Nc2ccccc2OC)cc1NC(=O)Cc1coc2cc(C)ccc12. The minimum atomic E-state index is -3.96. The van der Waals surface area contributed by atoms with Crippen LogP contribution < -0.4 is 19.5 Å². The van der Waals surface area contributed by atoms with Crippen LogP contribution in [0.4, 0.5) is 11.4 Å². The quantitative estimate of drug-likeness (QED) is 0.377. The van der Waals surface area contributed by atoms with Crippen LogP contribution in [0.25, 0.3) is 11.0 Å². The Balaban J connectivity index is 1.57. The first-order valence-electron chi connectivity index (χ1n) is 10.4. The molecule has 1 aromatic heterocycles. The monoisotopic (exact) mass is 480 g/mol. The van der Waals surface area contributed by atoms with Gasteiger partial charge in [0.05, 0.1) is 43.2 Å². The van der Waals surface area contributed by atoms with Crippen LogP contribution in [0.3, 0.4) is 0 Å². The molecule has 4 rings (SSSR count). The molecule has 34 heavy (non-hydrogen) atoms. The Morgan fingerprint density at radius 1 is 0.941 bits per heavy atom. The minimum Gasteiger partial charge on any atom is -0.495 e. The second-order valence-corrected chi connectivity index (χ2v) is 9.34. The topological polar surface area (TPSA) is 107 Å². The number of rotatable bonds is 8. The van der Waals surface area contributed by atoms with E-state index in [4.69, 9.17) is 13.9 Å². The Morgan fingerprint density at radius 3 is 2.44 bits per heavy atom. The zero-order valence-electron chi connectivity index (χ0n) is 18.9. The molecule has 1 heterocycles. The van der Waals surface area contributed by atoms with Crippen molar-refractivity contribution in [2.24, 2.45) is 0 Å². The number of hydrogen-bond donors (Lipinski definition) is 2. The highest BCUT2D eigenvalue weighted by molar-refractivity contribution is 7.92. The summed E-state index contributed by atoms with van der Waals surface area (Å²) in [5.74, 6) is 0.377. The molecule has 3 aromatic carbocycles. The van der Waals surface area contributed by atoms with E-state index in [0.29, 0.717) is 22.8 Å². The van der Waals surface area contributed by atoms with Gasteiger partial charge in [-0.15, -0.1) is 0 Å². The fraction of sp³-hybridized carbons (Fsp3) is 0.160. The van der Waals surface area contributed by atoms with Gasteiger partial charge in [-0.25, -0.2) is 8.42 Å². The molecule has 176 valence electrons. The Hall–Kier alpha value is -3.98. The standard InChI is InChI=1S/C25H24N2O6S/c1-16-8-10-19-17(15-33-24(19)12-16)13-25(28)26-21-14-18(9-11-23(21)32-3)34(29,30)27-20-6-4-5-7-22(20)31-2/h4-12,14-15,27H,13H2,1-3H3,(H,26,28). The van der Waals surface area contributed by atoms with E-state index < -0.39 is 10.0 Å². The van der Waals surface area contributed by atoms with Gasteiger partial charge in [0.25, 0.3) is 10.0 Å². The van der Waals surface area contributed by atoms with Crippen molar-refractivity contribution < 1.29 is 27.1 Å². The highest BCUT2D eigenvalue weighted by atomic mass is 32.2. The van der Waals surface area contributed by atoms with Gasteiger partial charge in [0.1, 0.15) is 17.1 Å². The fourth-order valence-corrected chi connectivity index (χ4v) is 4.68. The largest absolute Gasteiger partial charge is 0.495 e. The molecule has 0 atom stereocenters. The molecular formula is C25H24N2O6S. The number of hydrogen-bond acceptors (Lipinski definition) is 6. The number of fused-ring (bicyclic) bond motifs is 1. The first kappa shape index (κ1) is 23.2. The molecule has 0 bridgehead atoms. The Bertz CT molecular complexity index is 1460. The number of amides is 1. The lowest BCUT2D eigenvalue weighted by atomic mass is 10.1. The maximum absolute atomic E-state index is 13.0. The van der Waals surface area contributed by atoms with Gasteiger partial charge in [-0.3, -0.25) is 9.52 Å². The van der Waals surface area contributed by atoms with E-state index in [-0.39, 0.29) is 22.9 Å². The Kier molecular flexibility index (Phi) is 6.47. The molecule has 0 fully saturated rings. The van der Waals surface area contributed by atoms with Crippen molar-refractivity contribution in [3.05, 3.63) is 78.1 Å². The highest BCUT2D eigenvalue weighted by Gasteiger charge is 2.20. The van der Waals surface area contributed by atoms with Crippen LogP contribution in [0.2, 0.25) is 0 Å². The lowest BCUT2D eigenvalue weighted by Gasteiger charge is -2.14. The molecule has 0 aliphatic rings. The van der Waals surface area contributed by atoms with Gasteiger partial charge in [-0.1, -0.05) is 24.3 Å². The summed E-state index contributed by atoms with van der Waals surface area (Å²) in [6.45, 7) is 1.96. The van der Waals surface area contributed by atoms with Crippen molar-refractivity contribution in [3.8, 4) is 11.5 Å². The van der Waals surface area contributed by atoms with E-state index in [2.05, 4.69) is 10.0 Å². The van der Waals surface area contributed by atoms with Crippen LogP contribution in [0.15, 0.2) is 76.2 Å². The average molecular weight is 481 g/mol. The summed E-state index contributed by atoms with van der Waals surface area (Å²) in [7, 11) is -1.06. The lowest BCUT2D eigenvalue weighted by molar-refractivity contribution is -0.115. The summed E-state index contributed by atoms with van der Waals surface area (Å²) in [6.07, 6.45) is 1.61. The van der Waals surface area contributed by atoms with E-state index in [1.807, 2.05) is 25.1 Å². The molecule has 0 aliphatic carbocycles. The highest BCUT2D eigenvalue weighted by Crippen LogP contribution is 2.31. The molecule has 9 heteroatoms. The zero-order chi connectivity index (χ0) is 24.3. The molecule has 4 aromatic rings. The second kappa shape index (κ2) is 9.48. The van der Waals surface area contributed by atoms with Gasteiger partial charge in [-0.2, -0.15) is 0 Å². The van der Waals surface area contributed by atoms with E-state index in [1.54, 1.807) is 30.5 Å². The Morgan fingerprint density at radius 2 is 1.68 bits per heavy atom. The number of para-hydroxylation sites is 2. The number of carbonyl (C=O) groups is 1. The van der Waals surface area contributed by atoms with Crippen molar-refractivity contribution >= 4 is 38.3 Å². The van der Waals surface area contributed by atoms with E-state index in [0.717, 1.165) is 16.5 Å². The first-order chi connectivity index (χ1) is 16.3. The summed E-state index contributed by atoms with van der Waals surface area (Å²) >= 11 is 0. The molecule has 0 saturated carbocycles. The van der Waals surface area contributed by atoms with Gasteiger partial charge in [0, 0.05) is 10.9 Å². The predicted molar refractivity (Wildman–Crippen MR) is 130 cm³/mol. The summed E-state index contributed by atoms with van der Waals surface area (Å²) < 4.78 is 44.6. The number of aryl methyl sites for hydroxylation is 1. The Labute approximate surface area is 197 Å². The van der Waals surface area contributed by atoms with Crippen molar-refractivity contribution in [1.29, 1.82) is 0 Å². The third-order valence-corrected chi connectivity index (χ3v) is 6.63. The maximum atomic E-state index is 13.0. The third kappa shape index (κ3) is 4.84. The number of sulfonamides is 1. The van der Waals surface area contributed by atoms with E-state index >= 15 is 0 Å². The molecular weight excluding hydrogens is 456 g/mol. The first-order valence-corrected chi connectivity index (χ1v) is 11.9. The maximum Gasteiger partial charge on any atom is 0.262 e. The van der Waals surface area contributed by atoms with Crippen molar-refractivity contribution in [1.82, 2.24) is 0 Å². The minimum absolute atomic E-state index is 0.0428. The lowest BCUT2D eigenvalue weighted by Crippen LogP contribution is -2.17. The number of ether oxygens (including phenoxy) is 2. The number of nitrogens with one attached hydrogen (secondary N) is 2. The molecule has 1 amide bonds. The van der Waals surface area contributed by atoms with E-state index in [9.17, 15) is 13.2 Å². The average Bonchev–Trinajstić information content (AvgIpc) is 3.20.